The Bertz CT molecular complexity index is 357. The number of ether oxygens (including phenoxy) is 1. The predicted octanol–water partition coefficient (Wildman–Crippen LogP) is 1.52. The van der Waals surface area contributed by atoms with Gasteiger partial charge in [0.1, 0.15) is 0 Å². The van der Waals surface area contributed by atoms with Gasteiger partial charge in [-0.05, 0) is 13.0 Å². The summed E-state index contributed by atoms with van der Waals surface area (Å²) in [4.78, 5) is 0. The monoisotopic (exact) mass is 245 g/mol. The molecule has 0 fully saturated rings. The smallest absolute Gasteiger partial charge is 0.162 e. The molecule has 0 aromatic heterocycles. The molecule has 0 aliphatic heterocycles. The van der Waals surface area contributed by atoms with Gasteiger partial charge in [-0.1, -0.05) is 11.6 Å². The third kappa shape index (κ3) is 3.27. The fourth-order valence-corrected chi connectivity index (χ4v) is 1.50. The molecule has 0 aliphatic carbocycles. The molecular weight excluding hydrogens is 230 g/mol. The van der Waals surface area contributed by atoms with Crippen LogP contribution in [0, 0.1) is 0 Å². The number of halogens is 1. The zero-order valence-electron chi connectivity index (χ0n) is 9.33. The summed E-state index contributed by atoms with van der Waals surface area (Å²) < 4.78 is 4.99. The second-order valence-electron chi connectivity index (χ2n) is 3.58. The van der Waals surface area contributed by atoms with Crippen molar-refractivity contribution in [2.45, 2.75) is 19.5 Å². The van der Waals surface area contributed by atoms with Crippen LogP contribution in [-0.4, -0.2) is 30.0 Å². The van der Waals surface area contributed by atoms with E-state index in [0.29, 0.717) is 22.9 Å². The molecule has 5 heteroatoms. The predicted molar refractivity (Wildman–Crippen MR) is 63.1 cm³/mol. The lowest BCUT2D eigenvalue weighted by molar-refractivity contribution is 0.250. The zero-order valence-corrected chi connectivity index (χ0v) is 10.1. The van der Waals surface area contributed by atoms with E-state index in [1.165, 1.54) is 7.11 Å². The van der Waals surface area contributed by atoms with Crippen LogP contribution in [0.15, 0.2) is 12.1 Å². The molecule has 0 aliphatic rings. The van der Waals surface area contributed by atoms with E-state index in [-0.39, 0.29) is 18.4 Å². The molecule has 0 radical (unpaired) electrons. The molecule has 3 N–H and O–H groups in total. The Kier molecular flexibility index (Phi) is 4.86. The molecule has 0 saturated carbocycles. The summed E-state index contributed by atoms with van der Waals surface area (Å²) in [6.07, 6.45) is 0. The number of aliphatic hydroxyl groups excluding tert-OH is 1. The van der Waals surface area contributed by atoms with Crippen molar-refractivity contribution in [3.8, 4) is 11.5 Å². The standard InChI is InChI=1S/C11H16ClNO3/c1-7(6-14)13-5-8-3-9(12)4-10(16-2)11(8)15/h3-4,7,13-15H,5-6H2,1-2H3. The Morgan fingerprint density at radius 1 is 1.50 bits per heavy atom. The van der Waals surface area contributed by atoms with Crippen LogP contribution in [0.5, 0.6) is 11.5 Å². The normalized spacial score (nSPS) is 12.5. The summed E-state index contributed by atoms with van der Waals surface area (Å²) in [6, 6.07) is 3.18. The van der Waals surface area contributed by atoms with Gasteiger partial charge in [-0.2, -0.15) is 0 Å². The first-order valence-corrected chi connectivity index (χ1v) is 5.36. The van der Waals surface area contributed by atoms with Crippen molar-refractivity contribution in [1.82, 2.24) is 5.32 Å². The maximum Gasteiger partial charge on any atom is 0.162 e. The lowest BCUT2D eigenvalue weighted by Crippen LogP contribution is -2.28. The first-order valence-electron chi connectivity index (χ1n) is 4.98. The van der Waals surface area contributed by atoms with Crippen molar-refractivity contribution in [2.24, 2.45) is 0 Å². The lowest BCUT2D eigenvalue weighted by atomic mass is 10.1. The molecule has 0 saturated heterocycles. The molecule has 0 heterocycles. The van der Waals surface area contributed by atoms with Crippen molar-refractivity contribution in [1.29, 1.82) is 0 Å². The number of phenols is 1. The summed E-state index contributed by atoms with van der Waals surface area (Å²) in [7, 11) is 1.47. The van der Waals surface area contributed by atoms with E-state index < -0.39 is 0 Å². The third-order valence-electron chi connectivity index (χ3n) is 2.25. The SMILES string of the molecule is COc1cc(Cl)cc(CNC(C)CO)c1O. The van der Waals surface area contributed by atoms with E-state index in [0.717, 1.165) is 0 Å². The van der Waals surface area contributed by atoms with Gasteiger partial charge < -0.3 is 20.3 Å². The highest BCUT2D eigenvalue weighted by Crippen LogP contribution is 2.33. The van der Waals surface area contributed by atoms with Gasteiger partial charge >= 0.3 is 0 Å². The average molecular weight is 246 g/mol. The maximum absolute atomic E-state index is 9.81. The first kappa shape index (κ1) is 13.1. The van der Waals surface area contributed by atoms with E-state index >= 15 is 0 Å². The van der Waals surface area contributed by atoms with Crippen LogP contribution < -0.4 is 10.1 Å². The van der Waals surface area contributed by atoms with Crippen LogP contribution in [0.2, 0.25) is 5.02 Å². The largest absolute Gasteiger partial charge is 0.504 e. The average Bonchev–Trinajstić information content (AvgIpc) is 2.29. The number of hydrogen-bond acceptors (Lipinski definition) is 4. The third-order valence-corrected chi connectivity index (χ3v) is 2.47. The lowest BCUT2D eigenvalue weighted by Gasteiger charge is -2.13. The second-order valence-corrected chi connectivity index (χ2v) is 4.02. The number of aliphatic hydroxyl groups is 1. The van der Waals surface area contributed by atoms with E-state index in [1.54, 1.807) is 12.1 Å². The maximum atomic E-state index is 9.81. The van der Waals surface area contributed by atoms with E-state index in [9.17, 15) is 5.11 Å². The van der Waals surface area contributed by atoms with Crippen LogP contribution >= 0.6 is 11.6 Å². The highest BCUT2D eigenvalue weighted by Gasteiger charge is 2.10. The van der Waals surface area contributed by atoms with Crippen LogP contribution in [0.1, 0.15) is 12.5 Å². The molecule has 0 bridgehead atoms. The van der Waals surface area contributed by atoms with Gasteiger partial charge in [0.2, 0.25) is 0 Å². The minimum Gasteiger partial charge on any atom is -0.504 e. The Hall–Kier alpha value is -0.970. The van der Waals surface area contributed by atoms with Gasteiger partial charge in [0, 0.05) is 29.2 Å². The van der Waals surface area contributed by atoms with Gasteiger partial charge in [-0.25, -0.2) is 0 Å². The number of benzene rings is 1. The van der Waals surface area contributed by atoms with Crippen LogP contribution in [-0.2, 0) is 6.54 Å². The molecule has 1 unspecified atom stereocenters. The Labute approximate surface area is 99.8 Å². The molecule has 1 atom stereocenters. The van der Waals surface area contributed by atoms with Crippen LogP contribution in [0.3, 0.4) is 0 Å². The number of phenolic OH excluding ortho intramolecular Hbond substituents is 1. The Balaban J connectivity index is 2.83. The van der Waals surface area contributed by atoms with Crippen molar-refractivity contribution in [3.63, 3.8) is 0 Å². The summed E-state index contributed by atoms with van der Waals surface area (Å²) in [5.74, 6) is 0.422. The molecule has 1 rings (SSSR count). The fourth-order valence-electron chi connectivity index (χ4n) is 1.27. The summed E-state index contributed by atoms with van der Waals surface area (Å²) >= 11 is 5.88. The fraction of sp³-hybridized carbons (Fsp3) is 0.455. The topological polar surface area (TPSA) is 61.7 Å². The van der Waals surface area contributed by atoms with Gasteiger partial charge in [-0.3, -0.25) is 0 Å². The summed E-state index contributed by atoms with van der Waals surface area (Å²) in [5, 5.41) is 22.2. The molecule has 0 amide bonds. The van der Waals surface area contributed by atoms with E-state index in [4.69, 9.17) is 21.4 Å². The van der Waals surface area contributed by atoms with E-state index in [1.807, 2.05) is 6.92 Å². The van der Waals surface area contributed by atoms with Crippen molar-refractivity contribution < 1.29 is 14.9 Å². The zero-order chi connectivity index (χ0) is 12.1. The highest BCUT2D eigenvalue weighted by molar-refractivity contribution is 6.30. The second kappa shape index (κ2) is 5.94. The van der Waals surface area contributed by atoms with Crippen LogP contribution in [0.25, 0.3) is 0 Å². The minimum atomic E-state index is -0.0376. The molecule has 1 aromatic rings. The van der Waals surface area contributed by atoms with Crippen molar-refractivity contribution in [2.75, 3.05) is 13.7 Å². The molecule has 16 heavy (non-hydrogen) atoms. The number of nitrogens with one attached hydrogen (secondary N) is 1. The number of rotatable bonds is 5. The number of hydrogen-bond donors (Lipinski definition) is 3. The quantitative estimate of drug-likeness (QED) is 0.736. The van der Waals surface area contributed by atoms with E-state index in [2.05, 4.69) is 5.32 Å². The minimum absolute atomic E-state index is 0.0376. The number of methoxy groups -OCH3 is 1. The van der Waals surface area contributed by atoms with Crippen molar-refractivity contribution >= 4 is 11.6 Å². The highest BCUT2D eigenvalue weighted by atomic mass is 35.5. The van der Waals surface area contributed by atoms with Crippen LogP contribution in [0.4, 0.5) is 0 Å². The Morgan fingerprint density at radius 2 is 2.19 bits per heavy atom. The summed E-state index contributed by atoms with van der Waals surface area (Å²) in [6.45, 7) is 2.31. The first-order chi connectivity index (χ1) is 7.58. The van der Waals surface area contributed by atoms with Crippen molar-refractivity contribution in [3.05, 3.63) is 22.7 Å². The molecule has 1 aromatic carbocycles. The Morgan fingerprint density at radius 3 is 2.75 bits per heavy atom. The molecule has 90 valence electrons. The van der Waals surface area contributed by atoms with Gasteiger partial charge in [0.05, 0.1) is 13.7 Å². The molecule has 0 spiro atoms. The summed E-state index contributed by atoms with van der Waals surface area (Å²) in [5.41, 5.74) is 0.643. The molecular formula is C11H16ClNO3. The molecule has 4 nitrogen and oxygen atoms in total. The van der Waals surface area contributed by atoms with Gasteiger partial charge in [-0.15, -0.1) is 0 Å². The van der Waals surface area contributed by atoms with Gasteiger partial charge in [0.25, 0.3) is 0 Å². The van der Waals surface area contributed by atoms with Gasteiger partial charge in [0.15, 0.2) is 11.5 Å². The number of aromatic hydroxyl groups is 1.